The van der Waals surface area contributed by atoms with Gasteiger partial charge in [-0.2, -0.15) is 0 Å². The van der Waals surface area contributed by atoms with Gasteiger partial charge in [-0.1, -0.05) is 30.3 Å². The molecule has 0 aliphatic carbocycles. The lowest BCUT2D eigenvalue weighted by atomic mass is 10.1. The van der Waals surface area contributed by atoms with Gasteiger partial charge >= 0.3 is 0 Å². The molecule has 0 atom stereocenters. The zero-order valence-electron chi connectivity index (χ0n) is 9.48. The number of nitrogens with one attached hydrogen (secondary N) is 1. The molecule has 3 rings (SSSR count). The molecule has 2 aromatic carbocycles. The Kier molecular flexibility index (Phi) is 2.45. The second kappa shape index (κ2) is 4.11. The van der Waals surface area contributed by atoms with Gasteiger partial charge in [0.25, 0.3) is 0 Å². The van der Waals surface area contributed by atoms with Crippen molar-refractivity contribution in [3.63, 3.8) is 0 Å². The Labute approximate surface area is 103 Å². The molecule has 18 heavy (non-hydrogen) atoms. The molecule has 1 N–H and O–H groups in total. The fraction of sp³-hybridized carbons (Fsp3) is 0. The molecule has 1 heterocycles. The fourth-order valence-corrected chi connectivity index (χ4v) is 2.00. The van der Waals surface area contributed by atoms with E-state index >= 15 is 0 Å². The summed E-state index contributed by atoms with van der Waals surface area (Å²) < 4.78 is 13.2. The maximum Gasteiger partial charge on any atom is 0.190 e. The molecule has 0 spiro atoms. The van der Waals surface area contributed by atoms with E-state index in [-0.39, 0.29) is 11.2 Å². The molecule has 1 aromatic heterocycles. The van der Waals surface area contributed by atoms with Crippen LogP contribution in [0.15, 0.2) is 59.4 Å². The molecule has 0 fully saturated rings. The number of hydrogen-bond acceptors (Lipinski definition) is 1. The first kappa shape index (κ1) is 10.7. The first-order chi connectivity index (χ1) is 8.74. The summed E-state index contributed by atoms with van der Waals surface area (Å²) >= 11 is 0. The van der Waals surface area contributed by atoms with E-state index in [1.165, 1.54) is 24.3 Å². The Balaban J connectivity index is 2.30. The van der Waals surface area contributed by atoms with E-state index in [0.717, 1.165) is 5.56 Å². The lowest BCUT2D eigenvalue weighted by Gasteiger charge is -2.04. The molecular weight excluding hydrogens is 229 g/mol. The highest BCUT2D eigenvalue weighted by Crippen LogP contribution is 2.18. The fourth-order valence-electron chi connectivity index (χ4n) is 2.00. The number of pyridine rings is 1. The molecule has 0 bridgehead atoms. The summed E-state index contributed by atoms with van der Waals surface area (Å²) in [5.74, 6) is -0.358. The van der Waals surface area contributed by atoms with Gasteiger partial charge in [-0.25, -0.2) is 4.39 Å². The zero-order valence-corrected chi connectivity index (χ0v) is 9.48. The van der Waals surface area contributed by atoms with Crippen molar-refractivity contribution >= 4 is 10.9 Å². The van der Waals surface area contributed by atoms with Crippen LogP contribution in [0, 0.1) is 5.82 Å². The van der Waals surface area contributed by atoms with Gasteiger partial charge < -0.3 is 4.98 Å². The summed E-state index contributed by atoms with van der Waals surface area (Å²) in [6.07, 6.45) is 0. The van der Waals surface area contributed by atoms with Crippen molar-refractivity contribution in [2.24, 2.45) is 0 Å². The number of H-pyrrole nitrogens is 1. The van der Waals surface area contributed by atoms with Crippen molar-refractivity contribution in [1.82, 2.24) is 4.98 Å². The van der Waals surface area contributed by atoms with E-state index < -0.39 is 0 Å². The van der Waals surface area contributed by atoms with Crippen molar-refractivity contribution < 1.29 is 4.39 Å². The molecule has 0 saturated heterocycles. The summed E-state index contributed by atoms with van der Waals surface area (Å²) in [6, 6.07) is 15.2. The standard InChI is InChI=1S/C15H10FNO/c16-11-6-7-12-14(8-11)17-13(9-15(12)18)10-4-2-1-3-5-10/h1-9H,(H,17,18). The molecule has 0 unspecified atom stereocenters. The highest BCUT2D eigenvalue weighted by atomic mass is 19.1. The molecule has 0 aliphatic heterocycles. The number of hydrogen-bond donors (Lipinski definition) is 1. The number of benzene rings is 2. The van der Waals surface area contributed by atoms with Crippen molar-refractivity contribution in [2.75, 3.05) is 0 Å². The lowest BCUT2D eigenvalue weighted by molar-refractivity contribution is 0.629. The quantitative estimate of drug-likeness (QED) is 0.694. The van der Waals surface area contributed by atoms with E-state index in [1.54, 1.807) is 0 Å². The largest absolute Gasteiger partial charge is 0.354 e. The van der Waals surface area contributed by atoms with Crippen molar-refractivity contribution in [2.45, 2.75) is 0 Å². The first-order valence-electron chi connectivity index (χ1n) is 5.62. The van der Waals surface area contributed by atoms with Gasteiger partial charge in [-0.15, -0.1) is 0 Å². The third kappa shape index (κ3) is 1.80. The second-order valence-electron chi connectivity index (χ2n) is 4.10. The minimum Gasteiger partial charge on any atom is -0.354 e. The first-order valence-corrected chi connectivity index (χ1v) is 5.62. The van der Waals surface area contributed by atoms with Crippen LogP contribution in [-0.2, 0) is 0 Å². The number of halogens is 1. The Bertz CT molecular complexity index is 762. The topological polar surface area (TPSA) is 32.9 Å². The Morgan fingerprint density at radius 2 is 1.72 bits per heavy atom. The molecule has 3 aromatic rings. The number of aromatic nitrogens is 1. The third-order valence-corrected chi connectivity index (χ3v) is 2.88. The van der Waals surface area contributed by atoms with Gasteiger partial charge in [0.15, 0.2) is 5.43 Å². The van der Waals surface area contributed by atoms with E-state index in [1.807, 2.05) is 30.3 Å². The maximum absolute atomic E-state index is 13.2. The summed E-state index contributed by atoms with van der Waals surface area (Å²) in [4.78, 5) is 15.0. The van der Waals surface area contributed by atoms with Crippen molar-refractivity contribution in [3.8, 4) is 11.3 Å². The summed E-state index contributed by atoms with van der Waals surface area (Å²) in [6.45, 7) is 0. The molecule has 0 radical (unpaired) electrons. The SMILES string of the molecule is O=c1cc(-c2ccccc2)[nH]c2cc(F)ccc12. The van der Waals surface area contributed by atoms with Crippen LogP contribution < -0.4 is 5.43 Å². The highest BCUT2D eigenvalue weighted by molar-refractivity contribution is 5.81. The Hall–Kier alpha value is -2.42. The van der Waals surface area contributed by atoms with Crippen LogP contribution in [-0.4, -0.2) is 4.98 Å². The average molecular weight is 239 g/mol. The number of rotatable bonds is 1. The molecule has 3 heteroatoms. The summed E-state index contributed by atoms with van der Waals surface area (Å²) in [7, 11) is 0. The van der Waals surface area contributed by atoms with Crippen LogP contribution in [0.25, 0.3) is 22.2 Å². The van der Waals surface area contributed by atoms with E-state index in [9.17, 15) is 9.18 Å². The molecule has 2 nitrogen and oxygen atoms in total. The maximum atomic E-state index is 13.2. The predicted octanol–water partition coefficient (Wildman–Crippen LogP) is 3.33. The van der Waals surface area contributed by atoms with Crippen LogP contribution in [0.5, 0.6) is 0 Å². The monoisotopic (exact) mass is 239 g/mol. The van der Waals surface area contributed by atoms with Crippen LogP contribution in [0.2, 0.25) is 0 Å². The van der Waals surface area contributed by atoms with Crippen LogP contribution in [0.1, 0.15) is 0 Å². The number of aromatic amines is 1. The van der Waals surface area contributed by atoms with Gasteiger partial charge in [0, 0.05) is 17.1 Å². The highest BCUT2D eigenvalue weighted by Gasteiger charge is 2.04. The van der Waals surface area contributed by atoms with Crippen molar-refractivity contribution in [1.29, 1.82) is 0 Å². The van der Waals surface area contributed by atoms with Gasteiger partial charge in [0.05, 0.1) is 5.52 Å². The van der Waals surface area contributed by atoms with Crippen LogP contribution >= 0.6 is 0 Å². The Morgan fingerprint density at radius 3 is 2.50 bits per heavy atom. The van der Waals surface area contributed by atoms with E-state index in [2.05, 4.69) is 4.98 Å². The van der Waals surface area contributed by atoms with Crippen LogP contribution in [0.3, 0.4) is 0 Å². The van der Waals surface area contributed by atoms with E-state index in [4.69, 9.17) is 0 Å². The normalized spacial score (nSPS) is 10.7. The van der Waals surface area contributed by atoms with E-state index in [0.29, 0.717) is 16.6 Å². The minimum atomic E-state index is -0.358. The average Bonchev–Trinajstić information content (AvgIpc) is 2.39. The third-order valence-electron chi connectivity index (χ3n) is 2.88. The van der Waals surface area contributed by atoms with Gasteiger partial charge in [-0.3, -0.25) is 4.79 Å². The summed E-state index contributed by atoms with van der Waals surface area (Å²) in [5, 5.41) is 0.496. The molecule has 88 valence electrons. The molecule has 0 aliphatic rings. The van der Waals surface area contributed by atoms with Gasteiger partial charge in [0.2, 0.25) is 0 Å². The van der Waals surface area contributed by atoms with Crippen molar-refractivity contribution in [3.05, 3.63) is 70.6 Å². The summed E-state index contributed by atoms with van der Waals surface area (Å²) in [5.41, 5.74) is 2.00. The molecular formula is C15H10FNO. The van der Waals surface area contributed by atoms with Gasteiger partial charge in [0.1, 0.15) is 5.82 Å². The predicted molar refractivity (Wildman–Crippen MR) is 70.0 cm³/mol. The van der Waals surface area contributed by atoms with Gasteiger partial charge in [-0.05, 0) is 23.8 Å². The Morgan fingerprint density at radius 1 is 0.944 bits per heavy atom. The smallest absolute Gasteiger partial charge is 0.190 e. The zero-order chi connectivity index (χ0) is 12.5. The molecule has 0 amide bonds. The minimum absolute atomic E-state index is 0.109. The number of fused-ring (bicyclic) bond motifs is 1. The lowest BCUT2D eigenvalue weighted by Crippen LogP contribution is -2.03. The molecule has 0 saturated carbocycles. The second-order valence-corrected chi connectivity index (χ2v) is 4.10. The van der Waals surface area contributed by atoms with Crippen LogP contribution in [0.4, 0.5) is 4.39 Å².